The third-order valence-electron chi connectivity index (χ3n) is 6.42. The zero-order chi connectivity index (χ0) is 24.6. The number of ether oxygens (including phenoxy) is 5. The smallest absolute Gasteiger partial charge is 0.191 e. The highest BCUT2D eigenvalue weighted by molar-refractivity contribution is 5.77. The molecule has 5 rings (SSSR count). The summed E-state index contributed by atoms with van der Waals surface area (Å²) >= 11 is 0. The molecule has 0 bridgehead atoms. The first-order valence-corrected chi connectivity index (χ1v) is 12.6. The van der Waals surface area contributed by atoms with Crippen molar-refractivity contribution in [3.8, 4) is 0 Å². The van der Waals surface area contributed by atoms with Gasteiger partial charge in [0.1, 0.15) is 18.3 Å². The Labute approximate surface area is 212 Å². The van der Waals surface area contributed by atoms with Gasteiger partial charge in [0, 0.05) is 6.42 Å². The number of aliphatic imine (C=N–C) groups is 1. The minimum Gasteiger partial charge on any atom is -0.470 e. The molecule has 0 saturated carbocycles. The molecule has 3 aromatic carbocycles. The summed E-state index contributed by atoms with van der Waals surface area (Å²) in [5.74, 6) is 0.686. The highest BCUT2D eigenvalue weighted by Gasteiger charge is 2.51. The molecule has 36 heavy (non-hydrogen) atoms. The molecule has 5 atom stereocenters. The van der Waals surface area contributed by atoms with Crippen LogP contribution >= 0.6 is 0 Å². The van der Waals surface area contributed by atoms with Crippen LogP contribution in [0.25, 0.3) is 0 Å². The van der Waals surface area contributed by atoms with Gasteiger partial charge in [-0.15, -0.1) is 0 Å². The summed E-state index contributed by atoms with van der Waals surface area (Å²) < 4.78 is 31.7. The largest absolute Gasteiger partial charge is 0.470 e. The molecule has 3 aromatic rings. The lowest BCUT2D eigenvalue weighted by Gasteiger charge is -2.42. The number of rotatable bonds is 11. The van der Waals surface area contributed by atoms with E-state index in [4.69, 9.17) is 23.7 Å². The Kier molecular flexibility index (Phi) is 8.41. The predicted molar refractivity (Wildman–Crippen MR) is 137 cm³/mol. The average molecular weight is 488 g/mol. The van der Waals surface area contributed by atoms with E-state index in [-0.39, 0.29) is 18.3 Å². The summed E-state index contributed by atoms with van der Waals surface area (Å²) in [4.78, 5) is 4.68. The summed E-state index contributed by atoms with van der Waals surface area (Å²) in [6.07, 6.45) is -1.23. The molecule has 2 heterocycles. The second kappa shape index (κ2) is 12.3. The van der Waals surface area contributed by atoms with Gasteiger partial charge in [0.15, 0.2) is 18.2 Å². The SMILES string of the molecule is CCC1=N[C@H]2O[C@H](COCc3ccccc3)[C@H](OCc3ccccc3)[C@H](OCc3ccccc3)[C@H]2O1. The van der Waals surface area contributed by atoms with Crippen molar-refractivity contribution in [2.24, 2.45) is 4.99 Å². The van der Waals surface area contributed by atoms with Crippen LogP contribution in [0.1, 0.15) is 30.0 Å². The topological polar surface area (TPSA) is 58.5 Å². The Morgan fingerprint density at radius 1 is 0.694 bits per heavy atom. The molecule has 2 aliphatic rings. The number of hydrogen-bond donors (Lipinski definition) is 0. The molecule has 0 N–H and O–H groups in total. The van der Waals surface area contributed by atoms with Gasteiger partial charge in [0.2, 0.25) is 0 Å². The van der Waals surface area contributed by atoms with Gasteiger partial charge in [-0.25, -0.2) is 4.99 Å². The van der Waals surface area contributed by atoms with E-state index in [1.807, 2.05) is 61.5 Å². The van der Waals surface area contributed by atoms with Crippen molar-refractivity contribution in [2.45, 2.75) is 63.8 Å². The summed E-state index contributed by atoms with van der Waals surface area (Å²) in [5.41, 5.74) is 3.29. The first-order chi connectivity index (χ1) is 17.8. The summed E-state index contributed by atoms with van der Waals surface area (Å²) in [6.45, 7) is 3.77. The lowest BCUT2D eigenvalue weighted by molar-refractivity contribution is -0.249. The molecule has 0 radical (unpaired) electrons. The lowest BCUT2D eigenvalue weighted by Crippen LogP contribution is -2.59. The van der Waals surface area contributed by atoms with Crippen molar-refractivity contribution in [1.82, 2.24) is 0 Å². The van der Waals surface area contributed by atoms with Crippen LogP contribution in [0.15, 0.2) is 96.0 Å². The fraction of sp³-hybridized carbons (Fsp3) is 0.367. The third-order valence-corrected chi connectivity index (χ3v) is 6.42. The molecule has 1 fully saturated rings. The van der Waals surface area contributed by atoms with Gasteiger partial charge in [0.25, 0.3) is 0 Å². The van der Waals surface area contributed by atoms with Gasteiger partial charge in [-0.3, -0.25) is 0 Å². The van der Waals surface area contributed by atoms with E-state index < -0.39 is 12.3 Å². The quantitative estimate of drug-likeness (QED) is 0.367. The van der Waals surface area contributed by atoms with Crippen molar-refractivity contribution < 1.29 is 23.7 Å². The first kappa shape index (κ1) is 24.7. The van der Waals surface area contributed by atoms with Gasteiger partial charge in [-0.05, 0) is 16.7 Å². The monoisotopic (exact) mass is 487 g/mol. The highest BCUT2D eigenvalue weighted by Crippen LogP contribution is 2.34. The molecule has 1 saturated heterocycles. The van der Waals surface area contributed by atoms with Crippen LogP contribution < -0.4 is 0 Å². The van der Waals surface area contributed by atoms with E-state index in [1.165, 1.54) is 0 Å². The van der Waals surface area contributed by atoms with Gasteiger partial charge >= 0.3 is 0 Å². The maximum Gasteiger partial charge on any atom is 0.191 e. The third kappa shape index (κ3) is 6.20. The minimum absolute atomic E-state index is 0.358. The number of nitrogens with zero attached hydrogens (tertiary/aromatic N) is 1. The van der Waals surface area contributed by atoms with Crippen LogP contribution in [-0.4, -0.2) is 43.1 Å². The molecule has 0 amide bonds. The molecule has 0 aromatic heterocycles. The van der Waals surface area contributed by atoms with Gasteiger partial charge in [0.05, 0.1) is 26.4 Å². The van der Waals surface area contributed by atoms with Crippen LogP contribution in [-0.2, 0) is 43.5 Å². The summed E-state index contributed by atoms with van der Waals surface area (Å²) in [6, 6.07) is 30.4. The van der Waals surface area contributed by atoms with Crippen LogP contribution in [0.2, 0.25) is 0 Å². The van der Waals surface area contributed by atoms with Crippen LogP contribution in [0.4, 0.5) is 0 Å². The Bertz CT molecular complexity index is 1090. The molecular weight excluding hydrogens is 454 g/mol. The van der Waals surface area contributed by atoms with Crippen molar-refractivity contribution in [1.29, 1.82) is 0 Å². The van der Waals surface area contributed by atoms with Crippen molar-refractivity contribution in [3.63, 3.8) is 0 Å². The predicted octanol–water partition coefficient (Wildman–Crippen LogP) is 5.31. The van der Waals surface area contributed by atoms with Gasteiger partial charge in [-0.1, -0.05) is 97.9 Å². The van der Waals surface area contributed by atoms with Crippen LogP contribution in [0.5, 0.6) is 0 Å². The highest BCUT2D eigenvalue weighted by atomic mass is 16.6. The van der Waals surface area contributed by atoms with Crippen LogP contribution in [0, 0.1) is 0 Å². The maximum atomic E-state index is 6.51. The van der Waals surface area contributed by atoms with Crippen molar-refractivity contribution in [2.75, 3.05) is 6.61 Å². The molecule has 0 spiro atoms. The zero-order valence-electron chi connectivity index (χ0n) is 20.6. The molecule has 0 unspecified atom stereocenters. The first-order valence-electron chi connectivity index (χ1n) is 12.6. The van der Waals surface area contributed by atoms with Crippen molar-refractivity contribution >= 4 is 5.90 Å². The van der Waals surface area contributed by atoms with Crippen molar-refractivity contribution in [3.05, 3.63) is 108 Å². The Balaban J connectivity index is 1.35. The Morgan fingerprint density at radius 2 is 1.22 bits per heavy atom. The van der Waals surface area contributed by atoms with Crippen LogP contribution in [0.3, 0.4) is 0 Å². The zero-order valence-corrected chi connectivity index (χ0v) is 20.6. The van der Waals surface area contributed by atoms with E-state index in [0.29, 0.717) is 38.7 Å². The van der Waals surface area contributed by atoms with Gasteiger partial charge < -0.3 is 23.7 Å². The summed E-state index contributed by atoms with van der Waals surface area (Å²) in [5, 5.41) is 0. The fourth-order valence-corrected chi connectivity index (χ4v) is 4.55. The lowest BCUT2D eigenvalue weighted by atomic mass is 9.97. The average Bonchev–Trinajstić information content (AvgIpc) is 3.35. The molecule has 6 heteroatoms. The van der Waals surface area contributed by atoms with E-state index in [0.717, 1.165) is 16.7 Å². The summed E-state index contributed by atoms with van der Waals surface area (Å²) in [7, 11) is 0. The fourth-order valence-electron chi connectivity index (χ4n) is 4.55. The van der Waals surface area contributed by atoms with E-state index in [9.17, 15) is 0 Å². The van der Waals surface area contributed by atoms with E-state index in [1.54, 1.807) is 0 Å². The molecular formula is C30H33NO5. The van der Waals surface area contributed by atoms with Gasteiger partial charge in [-0.2, -0.15) is 0 Å². The Morgan fingerprint density at radius 3 is 1.78 bits per heavy atom. The molecule has 188 valence electrons. The standard InChI is InChI=1S/C30H33NO5/c1-2-26-31-30-29(36-26)28(34-20-24-16-10-5-11-17-24)27(33-19-23-14-8-4-9-15-23)25(35-30)21-32-18-22-12-6-3-7-13-22/h3-17,25,27-30H,2,18-21H2,1H3/t25-,27+,28+,29-,30+/m1/s1. The number of hydrogen-bond acceptors (Lipinski definition) is 6. The van der Waals surface area contributed by atoms with E-state index in [2.05, 4.69) is 41.4 Å². The van der Waals surface area contributed by atoms with E-state index >= 15 is 0 Å². The second-order valence-electron chi connectivity index (χ2n) is 9.05. The minimum atomic E-state index is -0.442. The Hall–Kier alpha value is -3.03. The maximum absolute atomic E-state index is 6.51. The normalized spacial score (nSPS) is 25.1. The second-order valence-corrected chi connectivity index (χ2v) is 9.05. The molecule has 2 aliphatic heterocycles. The number of fused-ring (bicyclic) bond motifs is 1. The number of benzene rings is 3. The molecule has 0 aliphatic carbocycles. The molecule has 6 nitrogen and oxygen atoms in total.